The first-order valence-corrected chi connectivity index (χ1v) is 10.2. The fourth-order valence-corrected chi connectivity index (χ4v) is 3.52. The van der Waals surface area contributed by atoms with E-state index in [4.69, 9.17) is 4.74 Å². The maximum absolute atomic E-state index is 13.3. The highest BCUT2D eigenvalue weighted by Crippen LogP contribution is 2.32. The molecule has 6 nitrogen and oxygen atoms in total. The number of aromatic nitrogens is 2. The molecule has 1 aromatic carbocycles. The van der Waals surface area contributed by atoms with Crippen LogP contribution in [0.2, 0.25) is 0 Å². The number of imidazole rings is 1. The lowest BCUT2D eigenvalue weighted by atomic mass is 10.1. The molecule has 9 heteroatoms. The maximum atomic E-state index is 13.3. The minimum Gasteiger partial charge on any atom is -0.376 e. The lowest BCUT2D eigenvalue weighted by molar-refractivity contribution is -0.138. The summed E-state index contributed by atoms with van der Waals surface area (Å²) in [6, 6.07) is 5.28. The second-order valence-electron chi connectivity index (χ2n) is 7.37. The number of nitrogens with one attached hydrogen (secondary N) is 1. The second-order valence-corrected chi connectivity index (χ2v) is 7.37. The number of amides is 2. The van der Waals surface area contributed by atoms with Crippen molar-refractivity contribution in [3.8, 4) is 0 Å². The van der Waals surface area contributed by atoms with Crippen molar-refractivity contribution in [1.29, 1.82) is 0 Å². The summed E-state index contributed by atoms with van der Waals surface area (Å²) in [6.07, 6.45) is 1.36. The Hall–Kier alpha value is -2.55. The summed E-state index contributed by atoms with van der Waals surface area (Å²) in [5, 5.41) is 2.86. The van der Waals surface area contributed by atoms with Crippen molar-refractivity contribution in [2.45, 2.75) is 51.6 Å². The predicted molar refractivity (Wildman–Crippen MR) is 106 cm³/mol. The molecule has 0 aliphatic carbocycles. The average Bonchev–Trinajstić information content (AvgIpc) is 3.37. The normalized spacial score (nSPS) is 16.6. The van der Waals surface area contributed by atoms with Gasteiger partial charge in [-0.15, -0.1) is 0 Å². The molecule has 1 fully saturated rings. The van der Waals surface area contributed by atoms with Gasteiger partial charge in [-0.2, -0.15) is 13.2 Å². The Balaban J connectivity index is 1.77. The summed E-state index contributed by atoms with van der Waals surface area (Å²) < 4.78 is 47.3. The van der Waals surface area contributed by atoms with Gasteiger partial charge in [-0.3, -0.25) is 0 Å². The van der Waals surface area contributed by atoms with Crippen molar-refractivity contribution in [1.82, 2.24) is 19.8 Å². The number of halogens is 3. The number of carbonyl (C=O) groups is 1. The van der Waals surface area contributed by atoms with Crippen LogP contribution in [0.4, 0.5) is 18.0 Å². The summed E-state index contributed by atoms with van der Waals surface area (Å²) in [5.41, 5.74) is -0.507. The van der Waals surface area contributed by atoms with E-state index in [0.29, 0.717) is 25.5 Å². The summed E-state index contributed by atoms with van der Waals surface area (Å²) >= 11 is 0. The zero-order valence-corrected chi connectivity index (χ0v) is 17.0. The highest BCUT2D eigenvalue weighted by molar-refractivity contribution is 5.74. The van der Waals surface area contributed by atoms with Gasteiger partial charge in [0.25, 0.3) is 0 Å². The quantitative estimate of drug-likeness (QED) is 0.696. The Morgan fingerprint density at radius 3 is 2.87 bits per heavy atom. The zero-order valence-electron chi connectivity index (χ0n) is 17.0. The van der Waals surface area contributed by atoms with Crippen LogP contribution in [0.3, 0.4) is 0 Å². The number of hydrogen-bond acceptors (Lipinski definition) is 3. The van der Waals surface area contributed by atoms with E-state index in [9.17, 15) is 18.0 Å². The lowest BCUT2D eigenvalue weighted by Crippen LogP contribution is -2.44. The molecule has 2 amide bonds. The van der Waals surface area contributed by atoms with Gasteiger partial charge in [0.05, 0.1) is 18.2 Å². The zero-order chi connectivity index (χ0) is 21.6. The summed E-state index contributed by atoms with van der Waals surface area (Å²) in [5.74, 6) is 0.525. The van der Waals surface area contributed by atoms with Crippen molar-refractivity contribution in [3.63, 3.8) is 0 Å². The van der Waals surface area contributed by atoms with E-state index in [1.165, 1.54) is 12.1 Å². The van der Waals surface area contributed by atoms with E-state index in [2.05, 4.69) is 10.3 Å². The highest BCUT2D eigenvalue weighted by atomic mass is 19.4. The molecule has 2 heterocycles. The van der Waals surface area contributed by atoms with Crippen molar-refractivity contribution >= 4 is 6.03 Å². The van der Waals surface area contributed by atoms with Gasteiger partial charge in [0, 0.05) is 38.6 Å². The number of rotatable bonds is 8. The first kappa shape index (κ1) is 22.1. The van der Waals surface area contributed by atoms with Gasteiger partial charge in [-0.1, -0.05) is 25.1 Å². The van der Waals surface area contributed by atoms with Gasteiger partial charge in [0.1, 0.15) is 5.82 Å². The Morgan fingerprint density at radius 1 is 1.37 bits per heavy atom. The molecule has 1 aromatic heterocycles. The molecule has 0 bridgehead atoms. The second kappa shape index (κ2) is 9.97. The van der Waals surface area contributed by atoms with Gasteiger partial charge in [0.2, 0.25) is 0 Å². The summed E-state index contributed by atoms with van der Waals surface area (Å²) in [6.45, 7) is 3.83. The monoisotopic (exact) mass is 424 g/mol. The minimum absolute atomic E-state index is 0.0232. The molecule has 30 heavy (non-hydrogen) atoms. The number of hydrogen-bond donors (Lipinski definition) is 1. The third-order valence-corrected chi connectivity index (χ3v) is 5.06. The van der Waals surface area contributed by atoms with Crippen LogP contribution in [0.1, 0.15) is 43.1 Å². The number of urea groups is 1. The Bertz CT molecular complexity index is 832. The molecule has 164 valence electrons. The summed E-state index contributed by atoms with van der Waals surface area (Å²) in [4.78, 5) is 18.6. The average molecular weight is 424 g/mol. The van der Waals surface area contributed by atoms with Crippen LogP contribution in [-0.4, -0.2) is 46.3 Å². The topological polar surface area (TPSA) is 59.4 Å². The van der Waals surface area contributed by atoms with Crippen LogP contribution in [0.25, 0.3) is 0 Å². The van der Waals surface area contributed by atoms with E-state index in [1.807, 2.05) is 6.92 Å². The molecule has 0 radical (unpaired) electrons. The Morgan fingerprint density at radius 2 is 2.17 bits per heavy atom. The molecule has 0 saturated carbocycles. The van der Waals surface area contributed by atoms with Crippen LogP contribution in [0.5, 0.6) is 0 Å². The number of ether oxygens (including phenoxy) is 1. The van der Waals surface area contributed by atoms with Crippen LogP contribution in [0, 0.1) is 0 Å². The molecule has 2 aromatic rings. The van der Waals surface area contributed by atoms with Crippen LogP contribution < -0.4 is 5.32 Å². The van der Waals surface area contributed by atoms with Crippen LogP contribution in [0.15, 0.2) is 36.7 Å². The van der Waals surface area contributed by atoms with Gasteiger partial charge < -0.3 is 19.5 Å². The smallest absolute Gasteiger partial charge is 0.376 e. The molecule has 1 aliphatic rings. The fourth-order valence-electron chi connectivity index (χ4n) is 3.52. The number of nitrogens with zero attached hydrogens (tertiary/aromatic N) is 3. The molecule has 1 saturated heterocycles. The lowest BCUT2D eigenvalue weighted by Gasteiger charge is -2.26. The van der Waals surface area contributed by atoms with E-state index >= 15 is 0 Å². The van der Waals surface area contributed by atoms with Gasteiger partial charge >= 0.3 is 12.2 Å². The van der Waals surface area contributed by atoms with Crippen molar-refractivity contribution in [2.75, 3.05) is 19.7 Å². The molecule has 0 unspecified atom stereocenters. The maximum Gasteiger partial charge on any atom is 0.416 e. The SMILES string of the molecule is CCCNC(=O)N(Cc1nccn1Cc1ccccc1C(F)(F)F)C[C@@H]1CCCO1. The molecule has 1 N–H and O–H groups in total. The van der Waals surface area contributed by atoms with E-state index in [-0.39, 0.29) is 30.8 Å². The molecular formula is C21H27F3N4O2. The fraction of sp³-hybridized carbons (Fsp3) is 0.524. The van der Waals surface area contributed by atoms with Gasteiger partial charge in [0.15, 0.2) is 0 Å². The molecule has 3 rings (SSSR count). The number of alkyl halides is 3. The largest absolute Gasteiger partial charge is 0.416 e. The Labute approximate surface area is 174 Å². The van der Waals surface area contributed by atoms with E-state index < -0.39 is 11.7 Å². The number of benzene rings is 1. The van der Waals surface area contributed by atoms with E-state index in [1.54, 1.807) is 27.9 Å². The van der Waals surface area contributed by atoms with Crippen LogP contribution in [-0.2, 0) is 24.0 Å². The first-order chi connectivity index (χ1) is 14.4. The standard InChI is InChI=1S/C21H27F3N4O2/c1-2-9-26-20(29)28(14-17-7-5-12-30-17)15-19-25-10-11-27(19)13-16-6-3-4-8-18(16)21(22,23)24/h3-4,6,8,10-11,17H,2,5,7,9,12-15H2,1H3,(H,26,29)/t17-/m0/s1. The molecular weight excluding hydrogens is 397 g/mol. The van der Waals surface area contributed by atoms with Crippen molar-refractivity contribution in [3.05, 3.63) is 53.6 Å². The first-order valence-electron chi connectivity index (χ1n) is 10.2. The summed E-state index contributed by atoms with van der Waals surface area (Å²) in [7, 11) is 0. The minimum atomic E-state index is -4.43. The van der Waals surface area contributed by atoms with Gasteiger partial charge in [-0.05, 0) is 30.9 Å². The third kappa shape index (κ3) is 5.75. The van der Waals surface area contributed by atoms with E-state index in [0.717, 1.165) is 25.3 Å². The number of carbonyl (C=O) groups excluding carboxylic acids is 1. The Kier molecular flexibility index (Phi) is 7.36. The van der Waals surface area contributed by atoms with Crippen molar-refractivity contribution < 1.29 is 22.7 Å². The van der Waals surface area contributed by atoms with Crippen molar-refractivity contribution in [2.24, 2.45) is 0 Å². The van der Waals surface area contributed by atoms with Gasteiger partial charge in [-0.25, -0.2) is 9.78 Å². The predicted octanol–water partition coefficient (Wildman–Crippen LogP) is 4.05. The van der Waals surface area contributed by atoms with Crippen LogP contribution >= 0.6 is 0 Å². The highest BCUT2D eigenvalue weighted by Gasteiger charge is 2.33. The third-order valence-electron chi connectivity index (χ3n) is 5.06. The molecule has 1 atom stereocenters. The molecule has 1 aliphatic heterocycles. The molecule has 0 spiro atoms.